The molecule has 1 saturated carbocycles. The normalized spacial score (nSPS) is 30.9. The van der Waals surface area contributed by atoms with Gasteiger partial charge in [-0.05, 0) is 31.2 Å². The van der Waals surface area contributed by atoms with Crippen molar-refractivity contribution in [3.63, 3.8) is 0 Å². The average molecular weight is 224 g/mol. The lowest BCUT2D eigenvalue weighted by Gasteiger charge is -2.25. The molecule has 1 amide bonds. The Morgan fingerprint density at radius 1 is 1.31 bits per heavy atom. The van der Waals surface area contributed by atoms with E-state index >= 15 is 0 Å². The molecule has 16 heavy (non-hydrogen) atoms. The molecule has 1 aliphatic heterocycles. The lowest BCUT2D eigenvalue weighted by molar-refractivity contribution is -0.135. The fourth-order valence-electron chi connectivity index (χ4n) is 3.09. The van der Waals surface area contributed by atoms with Crippen molar-refractivity contribution in [2.45, 2.75) is 32.6 Å². The molecule has 2 fully saturated rings. The second kappa shape index (κ2) is 5.17. The molecule has 1 N–H and O–H groups in total. The number of carbonyl (C=O) groups is 1. The van der Waals surface area contributed by atoms with Crippen molar-refractivity contribution in [2.75, 3.05) is 26.7 Å². The molecule has 1 saturated heterocycles. The van der Waals surface area contributed by atoms with Gasteiger partial charge in [0.25, 0.3) is 0 Å². The van der Waals surface area contributed by atoms with E-state index in [-0.39, 0.29) is 5.92 Å². The monoisotopic (exact) mass is 224 g/mol. The van der Waals surface area contributed by atoms with Crippen molar-refractivity contribution in [1.82, 2.24) is 10.2 Å². The van der Waals surface area contributed by atoms with Gasteiger partial charge in [-0.2, -0.15) is 0 Å². The molecule has 0 unspecified atom stereocenters. The first-order chi connectivity index (χ1) is 7.68. The number of nitrogens with one attached hydrogen (secondary N) is 1. The lowest BCUT2D eigenvalue weighted by atomic mass is 9.96. The molecule has 3 nitrogen and oxygen atoms in total. The van der Waals surface area contributed by atoms with Crippen LogP contribution >= 0.6 is 0 Å². The highest BCUT2D eigenvalue weighted by molar-refractivity contribution is 5.79. The molecule has 0 radical (unpaired) electrons. The van der Waals surface area contributed by atoms with Gasteiger partial charge in [0.2, 0.25) is 5.91 Å². The van der Waals surface area contributed by atoms with Gasteiger partial charge in [0.15, 0.2) is 0 Å². The first kappa shape index (κ1) is 11.9. The number of rotatable bonds is 3. The van der Waals surface area contributed by atoms with Crippen molar-refractivity contribution >= 4 is 5.91 Å². The molecule has 0 spiro atoms. The zero-order chi connectivity index (χ0) is 11.5. The summed E-state index contributed by atoms with van der Waals surface area (Å²) >= 11 is 0. The van der Waals surface area contributed by atoms with Crippen LogP contribution in [-0.4, -0.2) is 37.5 Å². The highest BCUT2D eigenvalue weighted by atomic mass is 16.2. The number of nitrogens with zero attached hydrogens (tertiary/aromatic N) is 1. The molecule has 3 heteroatoms. The quantitative estimate of drug-likeness (QED) is 0.788. The Hall–Kier alpha value is -0.570. The molecule has 2 atom stereocenters. The molecule has 0 aromatic carbocycles. The largest absolute Gasteiger partial charge is 0.345 e. The van der Waals surface area contributed by atoms with E-state index in [0.717, 1.165) is 25.6 Å². The fraction of sp³-hybridized carbons (Fsp3) is 0.923. The first-order valence-corrected chi connectivity index (χ1v) is 6.64. The van der Waals surface area contributed by atoms with Crippen molar-refractivity contribution in [2.24, 2.45) is 17.8 Å². The predicted octanol–water partition coefficient (Wildman–Crippen LogP) is 1.49. The Labute approximate surface area is 98.6 Å². The maximum Gasteiger partial charge on any atom is 0.227 e. The average Bonchev–Trinajstić information content (AvgIpc) is 2.88. The van der Waals surface area contributed by atoms with Gasteiger partial charge in [0, 0.05) is 20.1 Å². The highest BCUT2D eigenvalue weighted by Crippen LogP contribution is 2.26. The highest BCUT2D eigenvalue weighted by Gasteiger charge is 2.32. The minimum atomic E-state index is 0.214. The summed E-state index contributed by atoms with van der Waals surface area (Å²) in [5, 5.41) is 3.30. The zero-order valence-electron chi connectivity index (χ0n) is 10.5. The van der Waals surface area contributed by atoms with Crippen LogP contribution in [0, 0.1) is 17.8 Å². The van der Waals surface area contributed by atoms with Gasteiger partial charge >= 0.3 is 0 Å². The summed E-state index contributed by atoms with van der Waals surface area (Å²) < 4.78 is 0. The number of carbonyl (C=O) groups excluding carboxylic acids is 1. The second-order valence-corrected chi connectivity index (χ2v) is 5.61. The van der Waals surface area contributed by atoms with Gasteiger partial charge in [-0.3, -0.25) is 4.79 Å². The van der Waals surface area contributed by atoms with E-state index in [1.54, 1.807) is 0 Å². The van der Waals surface area contributed by atoms with Gasteiger partial charge < -0.3 is 10.2 Å². The lowest BCUT2D eigenvalue weighted by Crippen LogP contribution is -2.38. The van der Waals surface area contributed by atoms with Crippen LogP contribution in [0.2, 0.25) is 0 Å². The van der Waals surface area contributed by atoms with Crippen LogP contribution in [0.3, 0.4) is 0 Å². The molecule has 0 aromatic rings. The molecular formula is C13H24N2O. The van der Waals surface area contributed by atoms with E-state index in [2.05, 4.69) is 12.2 Å². The third kappa shape index (κ3) is 2.57. The fourth-order valence-corrected chi connectivity index (χ4v) is 3.09. The van der Waals surface area contributed by atoms with E-state index in [4.69, 9.17) is 0 Å². The van der Waals surface area contributed by atoms with Crippen LogP contribution in [0.4, 0.5) is 0 Å². The van der Waals surface area contributed by atoms with Gasteiger partial charge in [-0.15, -0.1) is 0 Å². The van der Waals surface area contributed by atoms with Crippen LogP contribution < -0.4 is 5.32 Å². The molecule has 0 bridgehead atoms. The summed E-state index contributed by atoms with van der Waals surface area (Å²) in [7, 11) is 1.98. The van der Waals surface area contributed by atoms with E-state index < -0.39 is 0 Å². The summed E-state index contributed by atoms with van der Waals surface area (Å²) in [6.07, 6.45) is 5.34. The van der Waals surface area contributed by atoms with Crippen LogP contribution in [-0.2, 0) is 4.79 Å². The molecule has 1 aliphatic carbocycles. The SMILES string of the molecule is C[C@@H]1CNC[C@H]1C(=O)N(C)CC1CCCC1. The van der Waals surface area contributed by atoms with Crippen molar-refractivity contribution in [3.05, 3.63) is 0 Å². The Balaban J connectivity index is 1.83. The summed E-state index contributed by atoms with van der Waals surface area (Å²) in [4.78, 5) is 14.2. The molecule has 2 rings (SSSR count). The standard InChI is InChI=1S/C13H24N2O/c1-10-7-14-8-12(10)13(16)15(2)9-11-5-3-4-6-11/h10-12,14H,3-9H2,1-2H3/t10-,12-/m1/s1. The van der Waals surface area contributed by atoms with E-state index in [0.29, 0.717) is 11.8 Å². The maximum absolute atomic E-state index is 12.2. The van der Waals surface area contributed by atoms with E-state index in [1.165, 1.54) is 25.7 Å². The van der Waals surface area contributed by atoms with Crippen molar-refractivity contribution in [1.29, 1.82) is 0 Å². The minimum absolute atomic E-state index is 0.214. The Morgan fingerprint density at radius 3 is 2.56 bits per heavy atom. The van der Waals surface area contributed by atoms with Gasteiger partial charge in [-0.25, -0.2) is 0 Å². The topological polar surface area (TPSA) is 32.3 Å². The molecule has 2 aliphatic rings. The summed E-state index contributed by atoms with van der Waals surface area (Å²) in [6.45, 7) is 5.01. The predicted molar refractivity (Wildman–Crippen MR) is 65.1 cm³/mol. The van der Waals surface area contributed by atoms with Crippen LogP contribution in [0.15, 0.2) is 0 Å². The summed E-state index contributed by atoms with van der Waals surface area (Å²) in [6, 6.07) is 0. The smallest absolute Gasteiger partial charge is 0.227 e. The van der Waals surface area contributed by atoms with E-state index in [1.807, 2.05) is 11.9 Å². The van der Waals surface area contributed by atoms with Gasteiger partial charge in [0.1, 0.15) is 0 Å². The van der Waals surface area contributed by atoms with Crippen molar-refractivity contribution in [3.8, 4) is 0 Å². The number of hydrogen-bond donors (Lipinski definition) is 1. The first-order valence-electron chi connectivity index (χ1n) is 6.64. The summed E-state index contributed by atoms with van der Waals surface area (Å²) in [5.41, 5.74) is 0. The third-order valence-electron chi connectivity index (χ3n) is 4.22. The Kier molecular flexibility index (Phi) is 3.85. The van der Waals surface area contributed by atoms with E-state index in [9.17, 15) is 4.79 Å². The maximum atomic E-state index is 12.2. The second-order valence-electron chi connectivity index (χ2n) is 5.61. The zero-order valence-corrected chi connectivity index (χ0v) is 10.5. The van der Waals surface area contributed by atoms with Gasteiger partial charge in [0.05, 0.1) is 5.92 Å². The number of hydrogen-bond acceptors (Lipinski definition) is 2. The molecule has 0 aromatic heterocycles. The molecule has 1 heterocycles. The van der Waals surface area contributed by atoms with Crippen LogP contribution in [0.25, 0.3) is 0 Å². The minimum Gasteiger partial charge on any atom is -0.345 e. The number of amides is 1. The van der Waals surface area contributed by atoms with Crippen LogP contribution in [0.1, 0.15) is 32.6 Å². The molecular weight excluding hydrogens is 200 g/mol. The van der Waals surface area contributed by atoms with Crippen LogP contribution in [0.5, 0.6) is 0 Å². The molecule has 92 valence electrons. The summed E-state index contributed by atoms with van der Waals surface area (Å²) in [5.74, 6) is 1.83. The van der Waals surface area contributed by atoms with Gasteiger partial charge in [-0.1, -0.05) is 19.8 Å². The van der Waals surface area contributed by atoms with Crippen molar-refractivity contribution < 1.29 is 4.79 Å². The third-order valence-corrected chi connectivity index (χ3v) is 4.22. The Morgan fingerprint density at radius 2 is 2.00 bits per heavy atom. The Bertz CT molecular complexity index is 248.